The van der Waals surface area contributed by atoms with E-state index in [1.54, 1.807) is 82.2 Å². The lowest BCUT2D eigenvalue weighted by Gasteiger charge is -2.22. The molecule has 0 aromatic carbocycles. The molecule has 0 saturated carbocycles. The summed E-state index contributed by atoms with van der Waals surface area (Å²) in [7, 11) is 7.17. The molecule has 11 nitrogen and oxygen atoms in total. The molecule has 0 bridgehead atoms. The van der Waals surface area contributed by atoms with Gasteiger partial charge in [0.25, 0.3) is 0 Å². The lowest BCUT2D eigenvalue weighted by molar-refractivity contribution is -0.149. The molecule has 0 amide bonds. The number of aromatic nitrogens is 3. The SMILES string of the molecule is C.C.CCC.CCOC(=O)C(C)c1ccncc1.CCOC(=O)C(c1ccncc1)N(C)C.CN(C)C(C(=O)O)c1ccncc1. The van der Waals surface area contributed by atoms with Crippen molar-refractivity contribution in [1.82, 2.24) is 24.8 Å². The summed E-state index contributed by atoms with van der Waals surface area (Å²) in [6.45, 7) is 10.5. The van der Waals surface area contributed by atoms with Crippen LogP contribution in [-0.2, 0) is 23.9 Å². The Bertz CT molecular complexity index is 1180. The van der Waals surface area contributed by atoms with Gasteiger partial charge in [-0.25, -0.2) is 4.79 Å². The summed E-state index contributed by atoms with van der Waals surface area (Å²) >= 11 is 0. The molecule has 0 aliphatic heterocycles. The first-order valence-corrected chi connectivity index (χ1v) is 14.5. The average Bonchev–Trinajstić information content (AvgIpc) is 2.99. The van der Waals surface area contributed by atoms with E-state index in [9.17, 15) is 14.4 Å². The Balaban J connectivity index is -0.000000567. The van der Waals surface area contributed by atoms with Crippen molar-refractivity contribution in [3.05, 3.63) is 90.3 Å². The number of rotatable bonds is 10. The van der Waals surface area contributed by atoms with E-state index in [0.717, 1.165) is 16.7 Å². The molecule has 1 N–H and O–H groups in total. The molecule has 3 aromatic rings. The number of hydrogen-bond donors (Lipinski definition) is 1. The van der Waals surface area contributed by atoms with E-state index in [-0.39, 0.29) is 38.8 Å². The second-order valence-corrected chi connectivity index (χ2v) is 9.85. The minimum Gasteiger partial charge on any atom is -0.480 e. The molecule has 0 fully saturated rings. The highest BCUT2D eigenvalue weighted by Gasteiger charge is 2.24. The first kappa shape index (κ1) is 46.2. The molecule has 0 spiro atoms. The number of esters is 2. The van der Waals surface area contributed by atoms with E-state index in [4.69, 9.17) is 14.6 Å². The van der Waals surface area contributed by atoms with Crippen LogP contribution in [0.3, 0.4) is 0 Å². The van der Waals surface area contributed by atoms with Gasteiger partial charge in [0.05, 0.1) is 19.1 Å². The molecule has 3 aromatic heterocycles. The minimum atomic E-state index is -0.851. The molecule has 3 heterocycles. The van der Waals surface area contributed by atoms with Crippen LogP contribution in [0.25, 0.3) is 0 Å². The van der Waals surface area contributed by atoms with Gasteiger partial charge in [0, 0.05) is 37.2 Å². The van der Waals surface area contributed by atoms with E-state index >= 15 is 0 Å². The zero-order valence-electron chi connectivity index (χ0n) is 27.5. The van der Waals surface area contributed by atoms with Crippen molar-refractivity contribution < 1.29 is 29.0 Å². The highest BCUT2D eigenvalue weighted by atomic mass is 16.5. The Labute approximate surface area is 277 Å². The Morgan fingerprint density at radius 3 is 1.24 bits per heavy atom. The van der Waals surface area contributed by atoms with E-state index in [1.165, 1.54) is 6.42 Å². The number of carbonyl (C=O) groups excluding carboxylic acids is 2. The maximum Gasteiger partial charge on any atom is 0.327 e. The Morgan fingerprint density at radius 1 is 0.630 bits per heavy atom. The van der Waals surface area contributed by atoms with Crippen LogP contribution < -0.4 is 0 Å². The Kier molecular flexibility index (Phi) is 27.2. The number of aliphatic carboxylic acids is 1. The van der Waals surface area contributed by atoms with Gasteiger partial charge in [0.15, 0.2) is 0 Å². The van der Waals surface area contributed by atoms with Crippen molar-refractivity contribution in [2.45, 2.75) is 73.9 Å². The van der Waals surface area contributed by atoms with Crippen molar-refractivity contribution in [3.63, 3.8) is 0 Å². The van der Waals surface area contributed by atoms with Crippen molar-refractivity contribution in [2.75, 3.05) is 41.4 Å². The third-order valence-electron chi connectivity index (χ3n) is 5.67. The predicted molar refractivity (Wildman–Crippen MR) is 184 cm³/mol. The van der Waals surface area contributed by atoms with Crippen molar-refractivity contribution >= 4 is 17.9 Å². The molecular weight excluding hydrogens is 586 g/mol. The van der Waals surface area contributed by atoms with Gasteiger partial charge in [-0.05, 0) is 102 Å². The first-order chi connectivity index (χ1) is 21.0. The number of pyridine rings is 3. The molecule has 0 saturated heterocycles. The molecule has 3 atom stereocenters. The molecule has 0 radical (unpaired) electrons. The van der Waals surface area contributed by atoms with Crippen LogP contribution in [0.5, 0.6) is 0 Å². The third kappa shape index (κ3) is 17.9. The number of nitrogens with zero attached hydrogens (tertiary/aromatic N) is 5. The second kappa shape index (κ2) is 27.1. The fraction of sp³-hybridized carbons (Fsp3) is 0.486. The minimum absolute atomic E-state index is 0. The topological polar surface area (TPSA) is 135 Å². The maximum atomic E-state index is 11.7. The summed E-state index contributed by atoms with van der Waals surface area (Å²) in [5.74, 6) is -1.47. The summed E-state index contributed by atoms with van der Waals surface area (Å²) in [5, 5.41) is 8.94. The zero-order chi connectivity index (χ0) is 33.5. The molecule has 258 valence electrons. The van der Waals surface area contributed by atoms with E-state index in [0.29, 0.717) is 13.2 Å². The summed E-state index contributed by atoms with van der Waals surface area (Å²) < 4.78 is 9.92. The molecule has 3 rings (SSSR count). The zero-order valence-corrected chi connectivity index (χ0v) is 27.5. The lowest BCUT2D eigenvalue weighted by Crippen LogP contribution is -2.29. The maximum absolute atomic E-state index is 11.7. The van der Waals surface area contributed by atoms with Gasteiger partial charge >= 0.3 is 17.9 Å². The number of hydrogen-bond acceptors (Lipinski definition) is 10. The van der Waals surface area contributed by atoms with Gasteiger partial charge in [-0.3, -0.25) is 34.3 Å². The van der Waals surface area contributed by atoms with Crippen molar-refractivity contribution in [3.8, 4) is 0 Å². The van der Waals surface area contributed by atoms with Crippen LogP contribution >= 0.6 is 0 Å². The Morgan fingerprint density at radius 2 is 0.935 bits per heavy atom. The number of carbonyl (C=O) groups is 3. The van der Waals surface area contributed by atoms with Gasteiger partial charge in [0.1, 0.15) is 12.1 Å². The fourth-order valence-corrected chi connectivity index (χ4v) is 3.67. The highest BCUT2D eigenvalue weighted by molar-refractivity contribution is 5.78. The van der Waals surface area contributed by atoms with Gasteiger partial charge in [-0.2, -0.15) is 0 Å². The molecule has 0 aliphatic carbocycles. The predicted octanol–water partition coefficient (Wildman–Crippen LogP) is 6.45. The largest absolute Gasteiger partial charge is 0.480 e. The van der Waals surface area contributed by atoms with Crippen molar-refractivity contribution in [1.29, 1.82) is 0 Å². The first-order valence-electron chi connectivity index (χ1n) is 14.5. The number of carboxylic acids is 1. The Hall–Kier alpha value is -4.22. The quantitative estimate of drug-likeness (QED) is 0.244. The van der Waals surface area contributed by atoms with Gasteiger partial charge < -0.3 is 14.6 Å². The molecule has 11 heteroatoms. The van der Waals surface area contributed by atoms with Crippen LogP contribution in [-0.4, -0.2) is 89.2 Å². The standard InChI is InChI=1S/C11H16N2O2.C10H13NO2.C9H12N2O2.C3H8.2CH4/c1-4-15-11(14)10(13(2)3)9-5-7-12-8-6-9;1-3-13-10(12)8(2)9-4-6-11-7-5-9;1-11(2)8(9(12)13)7-3-5-10-6-4-7;1-3-2;;/h5-8,10H,4H2,1-3H3;4-8H,3H2,1-2H3;3-6,8H,1-2H3,(H,12,13);3H2,1-2H3;2*1H4. The summed E-state index contributed by atoms with van der Waals surface area (Å²) in [4.78, 5) is 49.0. The third-order valence-corrected chi connectivity index (χ3v) is 5.67. The van der Waals surface area contributed by atoms with E-state index in [1.807, 2.05) is 50.2 Å². The second-order valence-electron chi connectivity index (χ2n) is 9.85. The monoisotopic (exact) mass is 643 g/mol. The van der Waals surface area contributed by atoms with Crippen LogP contribution in [0.1, 0.15) is 90.6 Å². The highest BCUT2D eigenvalue weighted by Crippen LogP contribution is 2.19. The van der Waals surface area contributed by atoms with Crippen LogP contribution in [0.2, 0.25) is 0 Å². The van der Waals surface area contributed by atoms with Gasteiger partial charge in [-0.15, -0.1) is 0 Å². The van der Waals surface area contributed by atoms with Crippen LogP contribution in [0.4, 0.5) is 0 Å². The van der Waals surface area contributed by atoms with Crippen molar-refractivity contribution in [2.24, 2.45) is 0 Å². The normalized spacial score (nSPS) is 11.5. The van der Waals surface area contributed by atoms with Crippen LogP contribution in [0, 0.1) is 0 Å². The molecule has 0 aliphatic rings. The number of likely N-dealkylation sites (N-methyl/N-ethyl adjacent to an activating group) is 2. The lowest BCUT2D eigenvalue weighted by atomic mass is 10.0. The molecular formula is C35H57N5O6. The summed E-state index contributed by atoms with van der Waals surface area (Å²) in [5.41, 5.74) is 2.58. The molecule has 46 heavy (non-hydrogen) atoms. The van der Waals surface area contributed by atoms with Gasteiger partial charge in [0.2, 0.25) is 0 Å². The van der Waals surface area contributed by atoms with Gasteiger partial charge in [-0.1, -0.05) is 35.1 Å². The van der Waals surface area contributed by atoms with E-state index < -0.39 is 12.0 Å². The van der Waals surface area contributed by atoms with E-state index in [2.05, 4.69) is 28.8 Å². The summed E-state index contributed by atoms with van der Waals surface area (Å²) in [6, 6.07) is 9.75. The fourth-order valence-electron chi connectivity index (χ4n) is 3.67. The average molecular weight is 644 g/mol. The molecule has 3 unspecified atom stereocenters. The summed E-state index contributed by atoms with van der Waals surface area (Å²) in [6.07, 6.45) is 11.1. The number of ether oxygens (including phenoxy) is 2. The van der Waals surface area contributed by atoms with Crippen LogP contribution in [0.15, 0.2) is 73.6 Å². The smallest absolute Gasteiger partial charge is 0.327 e. The number of carboxylic acid groups (broad SMARTS) is 1.